The van der Waals surface area contributed by atoms with Gasteiger partial charge in [0.25, 0.3) is 0 Å². The van der Waals surface area contributed by atoms with Crippen LogP contribution in [0.25, 0.3) is 0 Å². The molecule has 3 aliphatic carbocycles. The predicted octanol–water partition coefficient (Wildman–Crippen LogP) is 5.36. The summed E-state index contributed by atoms with van der Waals surface area (Å²) in [5.74, 6) is 2.79. The topological polar surface area (TPSA) is 20.3 Å². The molecule has 0 aromatic carbocycles. The molecule has 3 heteroatoms. The van der Waals surface area contributed by atoms with Gasteiger partial charge in [-0.15, -0.1) is 0 Å². The first kappa shape index (κ1) is 16.9. The van der Waals surface area contributed by atoms with Gasteiger partial charge in [-0.2, -0.15) is 0 Å². The second-order valence-corrected chi connectivity index (χ2v) is 10.1. The minimum Gasteiger partial charge on any atom is -0.342 e. The van der Waals surface area contributed by atoms with Gasteiger partial charge < -0.3 is 4.90 Å². The zero-order valence-corrected chi connectivity index (χ0v) is 16.5. The van der Waals surface area contributed by atoms with Crippen LogP contribution in [0.1, 0.15) is 72.1 Å². The number of amides is 1. The van der Waals surface area contributed by atoms with E-state index in [9.17, 15) is 4.79 Å². The van der Waals surface area contributed by atoms with Gasteiger partial charge in [-0.25, -0.2) is 0 Å². The number of fused-ring (bicyclic) bond motifs is 5. The number of carbonyl (C=O) groups is 1. The van der Waals surface area contributed by atoms with Crippen LogP contribution in [0.5, 0.6) is 0 Å². The third-order valence-corrected chi connectivity index (χ3v) is 8.99. The summed E-state index contributed by atoms with van der Waals surface area (Å²) in [6.07, 6.45) is 9.50. The lowest BCUT2D eigenvalue weighted by atomic mass is 9.47. The van der Waals surface area contributed by atoms with Crippen molar-refractivity contribution in [1.82, 2.24) is 4.90 Å². The number of likely N-dealkylation sites (tertiary alicyclic amines) is 1. The van der Waals surface area contributed by atoms with E-state index in [1.165, 1.54) is 38.5 Å². The number of piperidine rings is 1. The Labute approximate surface area is 152 Å². The van der Waals surface area contributed by atoms with Crippen LogP contribution >= 0.6 is 11.6 Å². The monoisotopic (exact) mass is 349 g/mol. The number of hydrogen-bond donors (Lipinski definition) is 0. The van der Waals surface area contributed by atoms with Gasteiger partial charge in [0.2, 0.25) is 5.91 Å². The van der Waals surface area contributed by atoms with Crippen molar-refractivity contribution < 1.29 is 4.79 Å². The number of allylic oxidation sites excluding steroid dienone is 2. The zero-order chi connectivity index (χ0) is 17.3. The predicted molar refractivity (Wildman–Crippen MR) is 98.7 cm³/mol. The molecular weight excluding hydrogens is 318 g/mol. The van der Waals surface area contributed by atoms with E-state index in [1.807, 2.05) is 7.05 Å². The smallest absolute Gasteiger partial charge is 0.222 e. The maximum atomic E-state index is 12.2. The van der Waals surface area contributed by atoms with Gasteiger partial charge in [0, 0.05) is 24.5 Å². The molecule has 0 N–H and O–H groups in total. The Morgan fingerprint density at radius 2 is 1.83 bits per heavy atom. The van der Waals surface area contributed by atoms with Crippen LogP contribution < -0.4 is 0 Å². The molecule has 0 radical (unpaired) electrons. The molecule has 0 aromatic rings. The van der Waals surface area contributed by atoms with Crippen LogP contribution in [0.3, 0.4) is 0 Å². The summed E-state index contributed by atoms with van der Waals surface area (Å²) in [5.41, 5.74) is 2.22. The zero-order valence-electron chi connectivity index (χ0n) is 15.7. The third-order valence-electron chi connectivity index (χ3n) is 8.76. The molecular formula is C21H32ClNO. The number of halogens is 1. The van der Waals surface area contributed by atoms with Gasteiger partial charge in [0.05, 0.1) is 0 Å². The average molecular weight is 350 g/mol. The maximum absolute atomic E-state index is 12.2. The van der Waals surface area contributed by atoms with Gasteiger partial charge in [-0.1, -0.05) is 25.4 Å². The van der Waals surface area contributed by atoms with E-state index in [0.29, 0.717) is 22.8 Å². The van der Waals surface area contributed by atoms with E-state index in [4.69, 9.17) is 11.6 Å². The SMILES string of the molecule is C/C(Cl)=C1\CC[C@H]2[C@@H]3CCC4N(C)C(=O)CC[C@]4(C)[C@@H]3CC[C@]12C. The van der Waals surface area contributed by atoms with Gasteiger partial charge in [-0.05, 0) is 86.0 Å². The highest BCUT2D eigenvalue weighted by Crippen LogP contribution is 2.66. The Balaban J connectivity index is 1.67. The van der Waals surface area contributed by atoms with Crippen LogP contribution in [-0.4, -0.2) is 23.9 Å². The molecule has 1 aliphatic heterocycles. The molecule has 1 saturated heterocycles. The lowest BCUT2D eigenvalue weighted by molar-refractivity contribution is -0.156. The van der Waals surface area contributed by atoms with Crippen molar-refractivity contribution in [2.45, 2.75) is 78.2 Å². The van der Waals surface area contributed by atoms with Gasteiger partial charge >= 0.3 is 0 Å². The van der Waals surface area contributed by atoms with Gasteiger partial charge in [0.1, 0.15) is 0 Å². The fourth-order valence-electron chi connectivity index (χ4n) is 7.53. The quantitative estimate of drug-likeness (QED) is 0.576. The highest BCUT2D eigenvalue weighted by Gasteiger charge is 2.60. The Hall–Kier alpha value is -0.500. The molecule has 4 fully saturated rings. The Morgan fingerprint density at radius 1 is 1.08 bits per heavy atom. The molecule has 2 nitrogen and oxygen atoms in total. The van der Waals surface area contributed by atoms with Crippen molar-refractivity contribution in [2.75, 3.05) is 7.05 Å². The first-order valence-electron chi connectivity index (χ1n) is 9.90. The minimum absolute atomic E-state index is 0.329. The van der Waals surface area contributed by atoms with Crippen molar-refractivity contribution in [3.8, 4) is 0 Å². The Morgan fingerprint density at radius 3 is 2.54 bits per heavy atom. The summed E-state index contributed by atoms with van der Waals surface area (Å²) in [7, 11) is 2.05. The second kappa shape index (κ2) is 5.50. The van der Waals surface area contributed by atoms with E-state index in [-0.39, 0.29) is 0 Å². The standard InChI is InChI=1S/C21H32ClNO/c1-13(22)15-6-7-16-14-5-8-18-21(3,12-10-19(24)23(18)4)17(14)9-11-20(15,16)2/h14,16-18H,5-12H2,1-4H3/b15-13-/t14-,16-,17+,18?,20+,21+/m0/s1. The van der Waals surface area contributed by atoms with E-state index < -0.39 is 0 Å². The van der Waals surface area contributed by atoms with E-state index >= 15 is 0 Å². The summed E-state index contributed by atoms with van der Waals surface area (Å²) >= 11 is 6.48. The highest BCUT2D eigenvalue weighted by atomic mass is 35.5. The lowest BCUT2D eigenvalue weighted by Crippen LogP contribution is -2.61. The fraction of sp³-hybridized carbons (Fsp3) is 0.857. The minimum atomic E-state index is 0.329. The van der Waals surface area contributed by atoms with E-state index in [1.54, 1.807) is 5.57 Å². The summed E-state index contributed by atoms with van der Waals surface area (Å²) in [5, 5.41) is 1.06. The Bertz CT molecular complexity index is 595. The number of nitrogens with zero attached hydrogens (tertiary/aromatic N) is 1. The molecule has 3 saturated carbocycles. The largest absolute Gasteiger partial charge is 0.342 e. The van der Waals surface area contributed by atoms with Crippen molar-refractivity contribution >= 4 is 17.5 Å². The highest BCUT2D eigenvalue weighted by molar-refractivity contribution is 6.29. The number of carbonyl (C=O) groups excluding carboxylic acids is 1. The maximum Gasteiger partial charge on any atom is 0.222 e. The van der Waals surface area contributed by atoms with Crippen molar-refractivity contribution in [3.05, 3.63) is 10.6 Å². The van der Waals surface area contributed by atoms with Crippen LogP contribution in [0.4, 0.5) is 0 Å². The van der Waals surface area contributed by atoms with Crippen LogP contribution in [0.2, 0.25) is 0 Å². The molecule has 4 rings (SSSR count). The van der Waals surface area contributed by atoms with Crippen molar-refractivity contribution in [3.63, 3.8) is 0 Å². The molecule has 1 amide bonds. The summed E-state index contributed by atoms with van der Waals surface area (Å²) in [6.45, 7) is 7.09. The second-order valence-electron chi connectivity index (χ2n) is 9.49. The van der Waals surface area contributed by atoms with Crippen LogP contribution in [0.15, 0.2) is 10.6 Å². The fourth-order valence-corrected chi connectivity index (χ4v) is 7.84. The van der Waals surface area contributed by atoms with E-state index in [2.05, 4.69) is 25.7 Å². The van der Waals surface area contributed by atoms with Crippen LogP contribution in [-0.2, 0) is 4.79 Å². The van der Waals surface area contributed by atoms with E-state index in [0.717, 1.165) is 35.6 Å². The van der Waals surface area contributed by atoms with Crippen LogP contribution in [0, 0.1) is 28.6 Å². The molecule has 24 heavy (non-hydrogen) atoms. The number of rotatable bonds is 0. The van der Waals surface area contributed by atoms with Crippen molar-refractivity contribution in [2.24, 2.45) is 28.6 Å². The first-order valence-corrected chi connectivity index (χ1v) is 10.3. The third kappa shape index (κ3) is 2.11. The van der Waals surface area contributed by atoms with Crippen molar-refractivity contribution in [1.29, 1.82) is 0 Å². The molecule has 0 bridgehead atoms. The molecule has 134 valence electrons. The molecule has 6 atom stereocenters. The normalized spacial score (nSPS) is 50.2. The molecule has 0 aromatic heterocycles. The Kier molecular flexibility index (Phi) is 3.88. The summed E-state index contributed by atoms with van der Waals surface area (Å²) in [6, 6.07) is 0.468. The average Bonchev–Trinajstić information content (AvgIpc) is 2.89. The van der Waals surface area contributed by atoms with Gasteiger partial charge in [0.15, 0.2) is 0 Å². The van der Waals surface area contributed by atoms with Gasteiger partial charge in [-0.3, -0.25) is 4.79 Å². The first-order chi connectivity index (χ1) is 11.3. The number of hydrogen-bond acceptors (Lipinski definition) is 1. The lowest BCUT2D eigenvalue weighted by Gasteiger charge is -2.61. The summed E-state index contributed by atoms with van der Waals surface area (Å²) in [4.78, 5) is 14.3. The molecule has 4 aliphatic rings. The summed E-state index contributed by atoms with van der Waals surface area (Å²) < 4.78 is 0. The molecule has 0 spiro atoms. The molecule has 1 unspecified atom stereocenters. The molecule has 1 heterocycles.